The number of carboxylic acid groups (broad SMARTS) is 1. The van der Waals surface area contributed by atoms with E-state index in [0.717, 1.165) is 6.42 Å². The Kier molecular flexibility index (Phi) is 6.44. The summed E-state index contributed by atoms with van der Waals surface area (Å²) in [7, 11) is 1.63. The van der Waals surface area contributed by atoms with Gasteiger partial charge in [0.25, 0.3) is 0 Å². The largest absolute Gasteiger partial charge is 0.476 e. The van der Waals surface area contributed by atoms with E-state index in [0.29, 0.717) is 32.1 Å². The average Bonchev–Trinajstić information content (AvgIpc) is 2.77. The molecule has 0 atom stereocenters. The second-order valence-electron chi connectivity index (χ2n) is 4.47. The fourth-order valence-electron chi connectivity index (χ4n) is 1.77. The van der Waals surface area contributed by atoms with E-state index >= 15 is 0 Å². The van der Waals surface area contributed by atoms with Crippen molar-refractivity contribution in [1.82, 2.24) is 15.0 Å². The first-order valence-corrected chi connectivity index (χ1v) is 6.31. The standard InChI is InChI=1S/C12H21N3O4/c1-9(2)11-10(12(16)17)13-14-15(11)5-4-6-19-8-7-18-3/h9H,4-8H2,1-3H3,(H,16,17). The van der Waals surface area contributed by atoms with Crippen LogP contribution in [0.2, 0.25) is 0 Å². The Morgan fingerprint density at radius 1 is 1.37 bits per heavy atom. The Hall–Kier alpha value is -1.47. The maximum atomic E-state index is 11.0. The van der Waals surface area contributed by atoms with Gasteiger partial charge in [-0.2, -0.15) is 0 Å². The van der Waals surface area contributed by atoms with Crippen LogP contribution in [0, 0.1) is 0 Å². The molecule has 7 nitrogen and oxygen atoms in total. The van der Waals surface area contributed by atoms with Gasteiger partial charge in [-0.1, -0.05) is 19.1 Å². The SMILES string of the molecule is COCCOCCCn1nnc(C(=O)O)c1C(C)C. The number of carbonyl (C=O) groups is 1. The van der Waals surface area contributed by atoms with Crippen molar-refractivity contribution in [2.24, 2.45) is 0 Å². The summed E-state index contributed by atoms with van der Waals surface area (Å²) in [6.07, 6.45) is 0.756. The van der Waals surface area contributed by atoms with E-state index in [2.05, 4.69) is 10.3 Å². The van der Waals surface area contributed by atoms with Crippen LogP contribution in [0.4, 0.5) is 0 Å². The Bertz CT molecular complexity index is 404. The van der Waals surface area contributed by atoms with Crippen LogP contribution in [-0.4, -0.2) is 53.0 Å². The van der Waals surface area contributed by atoms with Crippen molar-refractivity contribution >= 4 is 5.97 Å². The lowest BCUT2D eigenvalue weighted by Gasteiger charge is -2.10. The number of hydrogen-bond donors (Lipinski definition) is 1. The van der Waals surface area contributed by atoms with Crippen LogP contribution in [0.1, 0.15) is 42.4 Å². The van der Waals surface area contributed by atoms with E-state index in [1.54, 1.807) is 11.8 Å². The normalized spacial score (nSPS) is 11.2. The smallest absolute Gasteiger partial charge is 0.358 e. The zero-order valence-corrected chi connectivity index (χ0v) is 11.6. The number of carboxylic acids is 1. The molecular weight excluding hydrogens is 250 g/mol. The first-order valence-electron chi connectivity index (χ1n) is 6.31. The van der Waals surface area contributed by atoms with Gasteiger partial charge in [-0.15, -0.1) is 5.10 Å². The van der Waals surface area contributed by atoms with Gasteiger partial charge >= 0.3 is 5.97 Å². The van der Waals surface area contributed by atoms with Crippen LogP contribution in [0.25, 0.3) is 0 Å². The van der Waals surface area contributed by atoms with Crippen LogP contribution in [0.3, 0.4) is 0 Å². The maximum absolute atomic E-state index is 11.0. The molecule has 0 saturated heterocycles. The van der Waals surface area contributed by atoms with Gasteiger partial charge in [-0.25, -0.2) is 9.48 Å². The minimum Gasteiger partial charge on any atom is -0.476 e. The average molecular weight is 271 g/mol. The number of aryl methyl sites for hydroxylation is 1. The molecule has 0 saturated carbocycles. The highest BCUT2D eigenvalue weighted by atomic mass is 16.5. The Morgan fingerprint density at radius 3 is 2.68 bits per heavy atom. The monoisotopic (exact) mass is 271 g/mol. The summed E-state index contributed by atoms with van der Waals surface area (Å²) in [6, 6.07) is 0. The van der Waals surface area contributed by atoms with Crippen LogP contribution in [-0.2, 0) is 16.0 Å². The van der Waals surface area contributed by atoms with Gasteiger partial charge in [0.2, 0.25) is 0 Å². The molecule has 0 aromatic carbocycles. The summed E-state index contributed by atoms with van der Waals surface area (Å²) >= 11 is 0. The van der Waals surface area contributed by atoms with E-state index in [1.165, 1.54) is 0 Å². The molecule has 0 fully saturated rings. The highest BCUT2D eigenvalue weighted by Gasteiger charge is 2.20. The van der Waals surface area contributed by atoms with Crippen molar-refractivity contribution in [1.29, 1.82) is 0 Å². The van der Waals surface area contributed by atoms with Gasteiger partial charge < -0.3 is 14.6 Å². The fourth-order valence-corrected chi connectivity index (χ4v) is 1.77. The summed E-state index contributed by atoms with van der Waals surface area (Å²) in [5, 5.41) is 16.7. The van der Waals surface area contributed by atoms with E-state index < -0.39 is 5.97 Å². The first-order chi connectivity index (χ1) is 9.07. The second kappa shape index (κ2) is 7.85. The van der Waals surface area contributed by atoms with E-state index in [-0.39, 0.29) is 11.6 Å². The molecule has 7 heteroatoms. The van der Waals surface area contributed by atoms with Crippen LogP contribution >= 0.6 is 0 Å². The van der Waals surface area contributed by atoms with Gasteiger partial charge in [-0.3, -0.25) is 0 Å². The molecule has 0 aliphatic carbocycles. The highest BCUT2D eigenvalue weighted by Crippen LogP contribution is 2.17. The number of aromatic nitrogens is 3. The molecule has 0 aliphatic rings. The third-order valence-electron chi connectivity index (χ3n) is 2.61. The lowest BCUT2D eigenvalue weighted by molar-refractivity contribution is 0.0675. The molecule has 0 unspecified atom stereocenters. The number of methoxy groups -OCH3 is 1. The Balaban J connectivity index is 2.52. The summed E-state index contributed by atoms with van der Waals surface area (Å²) in [6.45, 7) is 6.17. The molecule has 0 spiro atoms. The predicted octanol–water partition coefficient (Wildman–Crippen LogP) is 1.15. The lowest BCUT2D eigenvalue weighted by Crippen LogP contribution is -2.12. The molecule has 108 valence electrons. The molecule has 0 amide bonds. The van der Waals surface area contributed by atoms with Gasteiger partial charge in [0.05, 0.1) is 18.9 Å². The summed E-state index contributed by atoms with van der Waals surface area (Å²) < 4.78 is 11.9. The zero-order chi connectivity index (χ0) is 14.3. The molecule has 1 aromatic rings. The van der Waals surface area contributed by atoms with Gasteiger partial charge in [-0.05, 0) is 12.3 Å². The molecule has 0 bridgehead atoms. The highest BCUT2D eigenvalue weighted by molar-refractivity contribution is 5.86. The van der Waals surface area contributed by atoms with Crippen molar-refractivity contribution in [2.45, 2.75) is 32.7 Å². The molecule has 0 radical (unpaired) electrons. The van der Waals surface area contributed by atoms with Crippen molar-refractivity contribution in [3.05, 3.63) is 11.4 Å². The van der Waals surface area contributed by atoms with Crippen LogP contribution in [0.5, 0.6) is 0 Å². The molecular formula is C12H21N3O4. The van der Waals surface area contributed by atoms with Crippen molar-refractivity contribution in [3.63, 3.8) is 0 Å². The molecule has 19 heavy (non-hydrogen) atoms. The van der Waals surface area contributed by atoms with Crippen LogP contribution in [0.15, 0.2) is 0 Å². The van der Waals surface area contributed by atoms with Crippen molar-refractivity contribution in [2.75, 3.05) is 26.9 Å². The second-order valence-corrected chi connectivity index (χ2v) is 4.47. The molecule has 1 N–H and O–H groups in total. The minimum atomic E-state index is -1.04. The first kappa shape index (κ1) is 15.6. The lowest BCUT2D eigenvalue weighted by atomic mass is 10.1. The maximum Gasteiger partial charge on any atom is 0.358 e. The van der Waals surface area contributed by atoms with Gasteiger partial charge in [0.1, 0.15) is 0 Å². The summed E-state index contributed by atoms with van der Waals surface area (Å²) in [5.41, 5.74) is 0.694. The number of hydrogen-bond acceptors (Lipinski definition) is 5. The topological polar surface area (TPSA) is 86.5 Å². The van der Waals surface area contributed by atoms with Crippen LogP contribution < -0.4 is 0 Å². The van der Waals surface area contributed by atoms with E-state index in [4.69, 9.17) is 14.6 Å². The number of rotatable bonds is 9. The summed E-state index contributed by atoms with van der Waals surface area (Å²) in [4.78, 5) is 11.0. The Labute approximate surface area is 112 Å². The third kappa shape index (κ3) is 4.60. The van der Waals surface area contributed by atoms with Gasteiger partial charge in [0.15, 0.2) is 5.69 Å². The molecule has 0 aliphatic heterocycles. The number of ether oxygens (including phenoxy) is 2. The number of aromatic carboxylic acids is 1. The third-order valence-corrected chi connectivity index (χ3v) is 2.61. The van der Waals surface area contributed by atoms with Crippen molar-refractivity contribution in [3.8, 4) is 0 Å². The number of nitrogens with zero attached hydrogens (tertiary/aromatic N) is 3. The molecule has 1 aromatic heterocycles. The molecule has 1 heterocycles. The van der Waals surface area contributed by atoms with Gasteiger partial charge in [0, 0.05) is 20.3 Å². The molecule has 1 rings (SSSR count). The summed E-state index contributed by atoms with van der Waals surface area (Å²) in [5.74, 6) is -0.971. The fraction of sp³-hybridized carbons (Fsp3) is 0.750. The quantitative estimate of drug-likeness (QED) is 0.678. The Morgan fingerprint density at radius 2 is 2.11 bits per heavy atom. The van der Waals surface area contributed by atoms with Crippen molar-refractivity contribution < 1.29 is 19.4 Å². The zero-order valence-electron chi connectivity index (χ0n) is 11.6. The van der Waals surface area contributed by atoms with E-state index in [1.807, 2.05) is 13.8 Å². The minimum absolute atomic E-state index is 0.0373. The predicted molar refractivity (Wildman–Crippen MR) is 68.4 cm³/mol. The van der Waals surface area contributed by atoms with E-state index in [9.17, 15) is 4.79 Å².